The number of carbonyl (C=O) groups excluding carboxylic acids is 1. The summed E-state index contributed by atoms with van der Waals surface area (Å²) in [6.07, 6.45) is 7.80. The van der Waals surface area contributed by atoms with Crippen LogP contribution in [-0.4, -0.2) is 28.9 Å². The number of anilines is 1. The maximum Gasteiger partial charge on any atom is 0.248 e. The Hall–Kier alpha value is -1.92. The highest BCUT2D eigenvalue weighted by atomic mass is 32.1. The van der Waals surface area contributed by atoms with E-state index in [2.05, 4.69) is 10.4 Å². The van der Waals surface area contributed by atoms with E-state index >= 15 is 0 Å². The molecule has 3 rings (SSSR count). The monoisotopic (exact) mass is 289 g/mol. The molecule has 0 bridgehead atoms. The second-order valence-electron chi connectivity index (χ2n) is 4.56. The molecule has 1 fully saturated rings. The smallest absolute Gasteiger partial charge is 0.248 e. The molecule has 1 saturated heterocycles. The van der Waals surface area contributed by atoms with Crippen molar-refractivity contribution >= 4 is 29.0 Å². The Balaban J connectivity index is 1.58. The molecular formula is C14H15N3O2S. The van der Waals surface area contributed by atoms with E-state index in [1.807, 2.05) is 28.4 Å². The van der Waals surface area contributed by atoms with Crippen molar-refractivity contribution in [1.82, 2.24) is 9.78 Å². The Bertz CT molecular complexity index is 598. The third-order valence-corrected chi connectivity index (χ3v) is 3.93. The molecule has 1 N–H and O–H groups in total. The van der Waals surface area contributed by atoms with Gasteiger partial charge < -0.3 is 10.1 Å². The van der Waals surface area contributed by atoms with E-state index in [0.717, 1.165) is 17.9 Å². The van der Waals surface area contributed by atoms with Crippen molar-refractivity contribution in [2.75, 3.05) is 18.5 Å². The summed E-state index contributed by atoms with van der Waals surface area (Å²) < 4.78 is 7.18. The average Bonchev–Trinajstić information content (AvgIpc) is 3.18. The molecule has 0 saturated carbocycles. The third kappa shape index (κ3) is 3.15. The van der Waals surface area contributed by atoms with Crippen LogP contribution >= 0.6 is 11.3 Å². The molecular weight excluding hydrogens is 274 g/mol. The van der Waals surface area contributed by atoms with Gasteiger partial charge in [-0.3, -0.25) is 9.48 Å². The van der Waals surface area contributed by atoms with Gasteiger partial charge in [0.05, 0.1) is 24.5 Å². The first kappa shape index (κ1) is 13.1. The number of amides is 1. The minimum Gasteiger partial charge on any atom is -0.379 e. The van der Waals surface area contributed by atoms with E-state index in [-0.39, 0.29) is 11.9 Å². The molecule has 1 atom stereocenters. The topological polar surface area (TPSA) is 56.2 Å². The van der Waals surface area contributed by atoms with Crippen LogP contribution in [0, 0.1) is 0 Å². The summed E-state index contributed by atoms with van der Waals surface area (Å²) in [4.78, 5) is 12.8. The second-order valence-corrected chi connectivity index (χ2v) is 5.54. The van der Waals surface area contributed by atoms with Gasteiger partial charge in [0.2, 0.25) is 5.91 Å². The summed E-state index contributed by atoms with van der Waals surface area (Å²) in [6.45, 7) is 1.46. The summed E-state index contributed by atoms with van der Waals surface area (Å²) in [5.74, 6) is -0.152. The lowest BCUT2D eigenvalue weighted by atomic mass is 10.3. The number of hydrogen-bond donors (Lipinski definition) is 1. The summed E-state index contributed by atoms with van der Waals surface area (Å²) in [7, 11) is 0. The van der Waals surface area contributed by atoms with Gasteiger partial charge in [0.1, 0.15) is 0 Å². The lowest BCUT2D eigenvalue weighted by molar-refractivity contribution is -0.111. The van der Waals surface area contributed by atoms with E-state index in [0.29, 0.717) is 12.3 Å². The van der Waals surface area contributed by atoms with Crippen LogP contribution in [0.5, 0.6) is 0 Å². The van der Waals surface area contributed by atoms with Crippen LogP contribution in [0.1, 0.15) is 17.3 Å². The van der Waals surface area contributed by atoms with Crippen molar-refractivity contribution in [3.8, 4) is 0 Å². The van der Waals surface area contributed by atoms with E-state index in [9.17, 15) is 4.79 Å². The molecule has 1 aliphatic rings. The second kappa shape index (κ2) is 6.02. The molecule has 1 amide bonds. The number of nitrogens with one attached hydrogen (secondary N) is 1. The highest BCUT2D eigenvalue weighted by Gasteiger charge is 2.18. The quantitative estimate of drug-likeness (QED) is 0.880. The summed E-state index contributed by atoms with van der Waals surface area (Å²) in [5, 5.41) is 9.04. The minimum atomic E-state index is -0.152. The molecule has 2 aromatic rings. The predicted molar refractivity (Wildman–Crippen MR) is 78.7 cm³/mol. The zero-order valence-corrected chi connectivity index (χ0v) is 11.7. The highest BCUT2D eigenvalue weighted by Crippen LogP contribution is 2.19. The summed E-state index contributed by atoms with van der Waals surface area (Å²) in [6, 6.07) is 4.20. The predicted octanol–water partition coefficient (Wildman–Crippen LogP) is 2.56. The number of thiophene rings is 1. The van der Waals surface area contributed by atoms with Gasteiger partial charge in [-0.15, -0.1) is 11.3 Å². The largest absolute Gasteiger partial charge is 0.379 e. The molecule has 0 spiro atoms. The molecule has 20 heavy (non-hydrogen) atoms. The van der Waals surface area contributed by atoms with Crippen LogP contribution < -0.4 is 5.32 Å². The van der Waals surface area contributed by atoms with Gasteiger partial charge >= 0.3 is 0 Å². The number of nitrogens with zero attached hydrogens (tertiary/aromatic N) is 2. The maximum absolute atomic E-state index is 11.8. The van der Waals surface area contributed by atoms with E-state index in [4.69, 9.17) is 4.74 Å². The Morgan fingerprint density at radius 1 is 1.60 bits per heavy atom. The molecule has 0 unspecified atom stereocenters. The fourth-order valence-electron chi connectivity index (χ4n) is 2.06. The molecule has 3 heterocycles. The number of ether oxygens (including phenoxy) is 1. The van der Waals surface area contributed by atoms with Crippen LogP contribution in [0.2, 0.25) is 0 Å². The van der Waals surface area contributed by atoms with Gasteiger partial charge in [-0.2, -0.15) is 5.10 Å². The van der Waals surface area contributed by atoms with Gasteiger partial charge in [0.15, 0.2) is 0 Å². The Labute approximate surface area is 120 Å². The molecule has 0 radical (unpaired) electrons. The van der Waals surface area contributed by atoms with Crippen molar-refractivity contribution in [2.24, 2.45) is 0 Å². The van der Waals surface area contributed by atoms with Crippen molar-refractivity contribution < 1.29 is 9.53 Å². The van der Waals surface area contributed by atoms with Gasteiger partial charge in [0.25, 0.3) is 0 Å². The zero-order valence-electron chi connectivity index (χ0n) is 10.9. The molecule has 1 aliphatic heterocycles. The molecule has 2 aromatic heterocycles. The van der Waals surface area contributed by atoms with Crippen LogP contribution in [-0.2, 0) is 9.53 Å². The maximum atomic E-state index is 11.8. The van der Waals surface area contributed by atoms with E-state index < -0.39 is 0 Å². The normalized spacial score (nSPS) is 18.7. The number of rotatable bonds is 4. The standard InChI is InChI=1S/C14H15N3O2S/c18-14(4-3-13-2-1-7-20-13)16-11-8-15-17(9-11)12-5-6-19-10-12/h1-4,7-9,12H,5-6,10H2,(H,16,18)/b4-3+/t12-/m0/s1. The van der Waals surface area contributed by atoms with E-state index in [1.165, 1.54) is 6.08 Å². The molecule has 5 nitrogen and oxygen atoms in total. The molecule has 6 heteroatoms. The first-order valence-corrected chi connectivity index (χ1v) is 7.34. The number of hydrogen-bond acceptors (Lipinski definition) is 4. The van der Waals surface area contributed by atoms with Crippen LogP contribution in [0.3, 0.4) is 0 Å². The minimum absolute atomic E-state index is 0.152. The van der Waals surface area contributed by atoms with Crippen molar-refractivity contribution in [3.05, 3.63) is 40.9 Å². The summed E-state index contributed by atoms with van der Waals surface area (Å²) in [5.41, 5.74) is 0.706. The zero-order chi connectivity index (χ0) is 13.8. The highest BCUT2D eigenvalue weighted by molar-refractivity contribution is 7.10. The van der Waals surface area contributed by atoms with E-state index in [1.54, 1.807) is 23.6 Å². The van der Waals surface area contributed by atoms with Crippen molar-refractivity contribution in [3.63, 3.8) is 0 Å². The average molecular weight is 289 g/mol. The lowest BCUT2D eigenvalue weighted by Crippen LogP contribution is -2.09. The Kier molecular flexibility index (Phi) is 3.94. The van der Waals surface area contributed by atoms with Crippen LogP contribution in [0.4, 0.5) is 5.69 Å². The Morgan fingerprint density at radius 2 is 2.55 bits per heavy atom. The van der Waals surface area contributed by atoms with Crippen molar-refractivity contribution in [2.45, 2.75) is 12.5 Å². The fourth-order valence-corrected chi connectivity index (χ4v) is 2.68. The molecule has 0 aliphatic carbocycles. The van der Waals surface area contributed by atoms with Gasteiger partial charge in [-0.25, -0.2) is 0 Å². The fraction of sp³-hybridized carbons (Fsp3) is 0.286. The summed E-state index contributed by atoms with van der Waals surface area (Å²) >= 11 is 1.59. The van der Waals surface area contributed by atoms with Gasteiger partial charge in [-0.05, 0) is 23.9 Å². The van der Waals surface area contributed by atoms with Gasteiger partial charge in [0, 0.05) is 23.8 Å². The Morgan fingerprint density at radius 3 is 3.30 bits per heavy atom. The molecule has 104 valence electrons. The lowest BCUT2D eigenvalue weighted by Gasteiger charge is -2.06. The van der Waals surface area contributed by atoms with Crippen LogP contribution in [0.25, 0.3) is 6.08 Å². The van der Waals surface area contributed by atoms with Gasteiger partial charge in [-0.1, -0.05) is 6.07 Å². The third-order valence-electron chi connectivity index (χ3n) is 3.09. The number of aromatic nitrogens is 2. The number of carbonyl (C=O) groups is 1. The molecule has 0 aromatic carbocycles. The first-order valence-electron chi connectivity index (χ1n) is 6.46. The first-order chi connectivity index (χ1) is 9.81. The SMILES string of the molecule is O=C(/C=C/c1cccs1)Nc1cnn([C@H]2CCOC2)c1. The van der Waals surface area contributed by atoms with Crippen molar-refractivity contribution in [1.29, 1.82) is 0 Å². The van der Waals surface area contributed by atoms with Crippen LogP contribution in [0.15, 0.2) is 36.0 Å².